The molecule has 0 aliphatic heterocycles. The van der Waals surface area contributed by atoms with Crippen LogP contribution in [0.2, 0.25) is 0 Å². The van der Waals surface area contributed by atoms with Gasteiger partial charge in [0, 0.05) is 16.2 Å². The second-order valence-corrected chi connectivity index (χ2v) is 4.48. The largest absolute Gasteiger partial charge is 0.466 e. The molecule has 0 aliphatic carbocycles. The Labute approximate surface area is 119 Å². The molecule has 0 radical (unpaired) electrons. The topological polar surface area (TPSA) is 39.2 Å². The van der Waals surface area contributed by atoms with Crippen LogP contribution in [0.5, 0.6) is 0 Å². The van der Waals surface area contributed by atoms with Crippen LogP contribution in [-0.4, -0.2) is 17.6 Å². The van der Waals surface area contributed by atoms with Gasteiger partial charge < -0.3 is 4.74 Å². The van der Waals surface area contributed by atoms with E-state index in [-0.39, 0.29) is 6.61 Å². The predicted molar refractivity (Wildman–Crippen MR) is 62.2 cm³/mol. The summed E-state index contributed by atoms with van der Waals surface area (Å²) in [5, 5.41) is 0. The fourth-order valence-corrected chi connectivity index (χ4v) is 2.03. The zero-order valence-corrected chi connectivity index (χ0v) is 11.7. The maximum atomic E-state index is 12.9. The van der Waals surface area contributed by atoms with Gasteiger partial charge in [0.15, 0.2) is 0 Å². The van der Waals surface area contributed by atoms with Crippen LogP contribution in [0, 0.1) is 0 Å². The monoisotopic (exact) mass is 361 g/mol. The van der Waals surface area contributed by atoms with Crippen molar-refractivity contribution in [3.8, 4) is 0 Å². The van der Waals surface area contributed by atoms with Gasteiger partial charge in [0.1, 0.15) is 0 Å². The second kappa shape index (κ2) is 6.47. The highest BCUT2D eigenvalue weighted by Gasteiger charge is 2.40. The summed E-state index contributed by atoms with van der Waals surface area (Å²) < 4.78 is 68.5. The van der Waals surface area contributed by atoms with E-state index in [4.69, 9.17) is 0 Å². The van der Waals surface area contributed by atoms with Crippen LogP contribution in [0.25, 0.3) is 0 Å². The number of aromatic nitrogens is 1. The average Bonchev–Trinajstić information content (AvgIpc) is 2.29. The minimum absolute atomic E-state index is 0.0293. The van der Waals surface area contributed by atoms with Gasteiger partial charge in [-0.05, 0) is 22.9 Å². The van der Waals surface area contributed by atoms with E-state index < -0.39 is 46.3 Å². The molecule has 0 atom stereocenters. The molecule has 112 valence electrons. The molecule has 1 rings (SSSR count). The molecule has 0 amide bonds. The van der Waals surface area contributed by atoms with E-state index in [0.29, 0.717) is 0 Å². The van der Waals surface area contributed by atoms with Gasteiger partial charge in [0.2, 0.25) is 0 Å². The van der Waals surface area contributed by atoms with Crippen LogP contribution in [0.4, 0.5) is 22.0 Å². The fraction of sp³-hybridized carbons (Fsp3) is 0.455. The van der Waals surface area contributed by atoms with Crippen LogP contribution in [0.15, 0.2) is 10.7 Å². The summed E-state index contributed by atoms with van der Waals surface area (Å²) in [7, 11) is 0. The number of rotatable bonds is 4. The van der Waals surface area contributed by atoms with Gasteiger partial charge in [0.25, 0.3) is 6.43 Å². The van der Waals surface area contributed by atoms with E-state index in [1.54, 1.807) is 0 Å². The highest BCUT2D eigenvalue weighted by molar-refractivity contribution is 9.10. The molecular formula is C11H9BrF5NO2. The van der Waals surface area contributed by atoms with Crippen molar-refractivity contribution in [2.75, 3.05) is 6.61 Å². The lowest BCUT2D eigenvalue weighted by atomic mass is 10.0. The third-order valence-electron chi connectivity index (χ3n) is 2.27. The summed E-state index contributed by atoms with van der Waals surface area (Å²) in [4.78, 5) is 14.6. The number of nitrogens with zero attached hydrogens (tertiary/aromatic N) is 1. The van der Waals surface area contributed by atoms with E-state index in [0.717, 1.165) is 6.20 Å². The number of esters is 1. The number of carbonyl (C=O) groups is 1. The minimum atomic E-state index is -5.05. The first-order valence-electron chi connectivity index (χ1n) is 5.36. The zero-order valence-electron chi connectivity index (χ0n) is 10.1. The minimum Gasteiger partial charge on any atom is -0.466 e. The van der Waals surface area contributed by atoms with Crippen molar-refractivity contribution >= 4 is 21.9 Å². The van der Waals surface area contributed by atoms with Gasteiger partial charge in [-0.25, -0.2) is 8.78 Å². The molecule has 0 spiro atoms. The third kappa shape index (κ3) is 3.87. The molecule has 3 nitrogen and oxygen atoms in total. The molecule has 1 aromatic rings. The first-order chi connectivity index (χ1) is 9.18. The maximum absolute atomic E-state index is 12.9. The Bertz CT molecular complexity index is 504. The maximum Gasteiger partial charge on any atom is 0.418 e. The molecule has 1 heterocycles. The van der Waals surface area contributed by atoms with E-state index in [1.807, 2.05) is 0 Å². The predicted octanol–water partition coefficient (Wildman–Crippen LogP) is 3.91. The van der Waals surface area contributed by atoms with Gasteiger partial charge in [-0.3, -0.25) is 9.78 Å². The van der Waals surface area contributed by atoms with Crippen molar-refractivity contribution < 1.29 is 31.5 Å². The Hall–Kier alpha value is -1.25. The van der Waals surface area contributed by atoms with Gasteiger partial charge in [0.05, 0.1) is 24.3 Å². The zero-order chi connectivity index (χ0) is 15.5. The molecule has 0 N–H and O–H groups in total. The second-order valence-electron chi connectivity index (χ2n) is 3.62. The van der Waals surface area contributed by atoms with Crippen molar-refractivity contribution in [2.45, 2.75) is 25.9 Å². The normalized spacial score (nSPS) is 11.8. The highest BCUT2D eigenvalue weighted by Crippen LogP contribution is 2.41. The van der Waals surface area contributed by atoms with Crippen molar-refractivity contribution in [3.05, 3.63) is 27.5 Å². The Morgan fingerprint density at radius 2 is 2.05 bits per heavy atom. The van der Waals surface area contributed by atoms with Crippen molar-refractivity contribution in [1.82, 2.24) is 4.98 Å². The molecule has 0 saturated carbocycles. The van der Waals surface area contributed by atoms with Gasteiger partial charge in [-0.15, -0.1) is 0 Å². The van der Waals surface area contributed by atoms with E-state index in [9.17, 15) is 26.7 Å². The summed E-state index contributed by atoms with van der Waals surface area (Å²) in [6.07, 6.45) is -8.42. The Morgan fingerprint density at radius 3 is 2.50 bits per heavy atom. The molecule has 0 unspecified atom stereocenters. The number of halogens is 6. The lowest BCUT2D eigenvalue weighted by Gasteiger charge is -2.17. The van der Waals surface area contributed by atoms with E-state index >= 15 is 0 Å². The number of carbonyl (C=O) groups excluding carboxylic acids is 1. The Balaban J connectivity index is 3.38. The van der Waals surface area contributed by atoms with Crippen LogP contribution in [0.1, 0.15) is 30.2 Å². The number of alkyl halides is 5. The third-order valence-corrected chi connectivity index (χ3v) is 2.90. The quantitative estimate of drug-likeness (QED) is 0.602. The first kappa shape index (κ1) is 16.8. The Kier molecular flexibility index (Phi) is 5.43. The van der Waals surface area contributed by atoms with Crippen molar-refractivity contribution in [2.24, 2.45) is 0 Å². The first-order valence-corrected chi connectivity index (χ1v) is 6.16. The van der Waals surface area contributed by atoms with Crippen LogP contribution in [0.3, 0.4) is 0 Å². The van der Waals surface area contributed by atoms with Crippen LogP contribution >= 0.6 is 15.9 Å². The van der Waals surface area contributed by atoms with Gasteiger partial charge in [-0.1, -0.05) is 0 Å². The fourth-order valence-electron chi connectivity index (χ4n) is 1.56. The number of pyridine rings is 1. The van der Waals surface area contributed by atoms with Gasteiger partial charge in [-0.2, -0.15) is 13.2 Å². The SMILES string of the molecule is CCOC(=O)Cc1ncc(Br)c(C(F)F)c1C(F)(F)F. The highest BCUT2D eigenvalue weighted by atomic mass is 79.9. The van der Waals surface area contributed by atoms with E-state index in [1.165, 1.54) is 6.92 Å². The van der Waals surface area contributed by atoms with E-state index in [2.05, 4.69) is 25.7 Å². The Morgan fingerprint density at radius 1 is 1.45 bits per heavy atom. The molecule has 0 bridgehead atoms. The van der Waals surface area contributed by atoms with Gasteiger partial charge >= 0.3 is 12.1 Å². The average molecular weight is 362 g/mol. The molecule has 1 aromatic heterocycles. The smallest absolute Gasteiger partial charge is 0.418 e. The summed E-state index contributed by atoms with van der Waals surface area (Å²) in [5.74, 6) is -0.965. The molecule has 20 heavy (non-hydrogen) atoms. The molecule has 0 fully saturated rings. The number of ether oxygens (including phenoxy) is 1. The molecule has 0 aliphatic rings. The molecule has 0 saturated heterocycles. The molecule has 9 heteroatoms. The molecular weight excluding hydrogens is 353 g/mol. The van der Waals surface area contributed by atoms with Crippen molar-refractivity contribution in [3.63, 3.8) is 0 Å². The van der Waals surface area contributed by atoms with Crippen molar-refractivity contribution in [1.29, 1.82) is 0 Å². The lowest BCUT2D eigenvalue weighted by Crippen LogP contribution is -2.19. The van der Waals surface area contributed by atoms with Crippen LogP contribution in [-0.2, 0) is 22.1 Å². The summed E-state index contributed by atoms with van der Waals surface area (Å²) in [6, 6.07) is 0. The number of hydrogen-bond donors (Lipinski definition) is 0. The molecule has 0 aromatic carbocycles. The lowest BCUT2D eigenvalue weighted by molar-refractivity contribution is -0.144. The summed E-state index contributed by atoms with van der Waals surface area (Å²) in [5.41, 5.74) is -3.61. The standard InChI is InChI=1S/C11H9BrF5NO2/c1-2-20-7(19)3-6-9(11(15,16)17)8(10(13)14)5(12)4-18-6/h4,10H,2-3H2,1H3. The summed E-state index contributed by atoms with van der Waals surface area (Å²) in [6.45, 7) is 1.45. The van der Waals surface area contributed by atoms with Crippen LogP contribution < -0.4 is 0 Å². The summed E-state index contributed by atoms with van der Waals surface area (Å²) >= 11 is 2.61. The number of hydrogen-bond acceptors (Lipinski definition) is 3.